The van der Waals surface area contributed by atoms with Crippen LogP contribution in [-0.4, -0.2) is 145 Å². The zero-order chi connectivity index (χ0) is 73.3. The van der Waals surface area contributed by atoms with Crippen molar-refractivity contribution in [1.29, 1.82) is 16.2 Å². The van der Waals surface area contributed by atoms with E-state index < -0.39 is 64.5 Å². The molecule has 0 spiro atoms. The molecule has 0 unspecified atom stereocenters. The van der Waals surface area contributed by atoms with Crippen LogP contribution < -0.4 is 31.9 Å². The average Bonchev–Trinajstić information content (AvgIpc) is 1.15. The molecule has 103 heavy (non-hydrogen) atoms. The summed E-state index contributed by atoms with van der Waals surface area (Å²) < 4.78 is 72.7. The van der Waals surface area contributed by atoms with E-state index in [2.05, 4.69) is 78.7 Å². The predicted octanol–water partition coefficient (Wildman–Crippen LogP) is 14.8. The highest BCUT2D eigenvalue weighted by molar-refractivity contribution is 9.10. The maximum Gasteiger partial charge on any atom is 0.259 e. The minimum atomic E-state index is -0.808. The number of likely N-dealkylation sites (tertiary alicyclic amines) is 1. The second kappa shape index (κ2) is 35.5. The van der Waals surface area contributed by atoms with Crippen LogP contribution in [0.15, 0.2) is 179 Å². The minimum absolute atomic E-state index is 0.00745. The van der Waals surface area contributed by atoms with E-state index in [9.17, 15) is 50.7 Å². The van der Waals surface area contributed by atoms with E-state index in [1.165, 1.54) is 67.1 Å². The SMILES string of the molecule is N=C(c1ccc(C(=O)Nc2ccc(F)cc2C(=O)Nc2ccc(Br)cn2)c(F)c1)N1CCCC1.N=C(c1ccc(C(=O)Nc2ccc(F)cc2C(=O)Nc2ccc(Br)cn2)c(F)c1)N1CCSCC1.N=C(c1ccc(C(=O)Nc2ccc(F)cc2C(=O)Nc2ccc(Cl)cn2)cc1)N1CCSCC1. The number of amidine groups is 3. The first-order chi connectivity index (χ1) is 49.5. The summed E-state index contributed by atoms with van der Waals surface area (Å²) in [7, 11) is 0. The monoisotopic (exact) mass is 1580 g/mol. The number of pyridine rings is 3. The zero-order valence-electron chi connectivity index (χ0n) is 54.1. The Kier molecular flexibility index (Phi) is 25.9. The molecule has 12 rings (SSSR count). The lowest BCUT2D eigenvalue weighted by Gasteiger charge is -2.28. The van der Waals surface area contributed by atoms with E-state index in [-0.39, 0.29) is 74.0 Å². The number of carbonyl (C=O) groups excluding carboxylic acids is 6. The van der Waals surface area contributed by atoms with Gasteiger partial charge >= 0.3 is 0 Å². The molecule has 21 nitrogen and oxygen atoms in total. The quantitative estimate of drug-likeness (QED) is 0.0262. The topological polar surface area (TPSA) is 295 Å². The second-order valence-electron chi connectivity index (χ2n) is 22.8. The van der Waals surface area contributed by atoms with Crippen molar-refractivity contribution in [3.8, 4) is 0 Å². The first kappa shape index (κ1) is 75.3. The molecule has 9 aromatic rings. The molecule has 0 aliphatic carbocycles. The van der Waals surface area contributed by atoms with Crippen LogP contribution in [0.4, 0.5) is 56.5 Å². The van der Waals surface area contributed by atoms with Crippen LogP contribution in [0.25, 0.3) is 0 Å². The molecule has 0 bridgehead atoms. The van der Waals surface area contributed by atoms with Gasteiger partial charge in [-0.15, -0.1) is 0 Å². The van der Waals surface area contributed by atoms with Gasteiger partial charge in [0.25, 0.3) is 35.4 Å². The van der Waals surface area contributed by atoms with Crippen LogP contribution in [0, 0.1) is 45.3 Å². The van der Waals surface area contributed by atoms with Crippen LogP contribution in [-0.2, 0) is 0 Å². The smallest absolute Gasteiger partial charge is 0.259 e. The van der Waals surface area contributed by atoms with E-state index in [0.717, 1.165) is 116 Å². The Bertz CT molecular complexity index is 4690. The molecule has 9 N–H and O–H groups in total. The summed E-state index contributed by atoms with van der Waals surface area (Å²) in [6, 6.07) is 34.2. The molecule has 3 aliphatic heterocycles. The van der Waals surface area contributed by atoms with Crippen molar-refractivity contribution >= 4 is 154 Å². The van der Waals surface area contributed by atoms with Crippen LogP contribution in [0.1, 0.15) is 91.7 Å². The number of nitrogens with one attached hydrogen (secondary N) is 9. The maximum atomic E-state index is 14.8. The Morgan fingerprint density at radius 1 is 0.369 bits per heavy atom. The van der Waals surface area contributed by atoms with E-state index in [4.69, 9.17) is 27.8 Å². The van der Waals surface area contributed by atoms with Crippen LogP contribution >= 0.6 is 67.0 Å². The highest BCUT2D eigenvalue weighted by Gasteiger charge is 2.25. The van der Waals surface area contributed by atoms with Crippen molar-refractivity contribution in [3.05, 3.63) is 263 Å². The molecule has 6 heterocycles. The number of halogens is 8. The van der Waals surface area contributed by atoms with Gasteiger partial charge in [-0.1, -0.05) is 35.9 Å². The van der Waals surface area contributed by atoms with Crippen LogP contribution in [0.2, 0.25) is 5.02 Å². The largest absolute Gasteiger partial charge is 0.357 e. The van der Waals surface area contributed by atoms with E-state index >= 15 is 0 Å². The summed E-state index contributed by atoms with van der Waals surface area (Å²) in [6.45, 7) is 4.55. The Morgan fingerprint density at radius 3 is 1.06 bits per heavy atom. The number of hydrogen-bond acceptors (Lipinski definition) is 14. The average molecular weight is 1590 g/mol. The van der Waals surface area contributed by atoms with Gasteiger partial charge in [0.2, 0.25) is 0 Å². The molecule has 0 atom stereocenters. The van der Waals surface area contributed by atoms with Crippen LogP contribution in [0.3, 0.4) is 0 Å². The third kappa shape index (κ3) is 20.5. The predicted molar refractivity (Wildman–Crippen MR) is 398 cm³/mol. The van der Waals surface area contributed by atoms with Crippen molar-refractivity contribution in [2.24, 2.45) is 0 Å². The number of amides is 6. The number of aromatic nitrogens is 3. The summed E-state index contributed by atoms with van der Waals surface area (Å²) in [4.78, 5) is 94.4. The Morgan fingerprint density at radius 2 is 0.699 bits per heavy atom. The first-order valence-corrected chi connectivity index (χ1v) is 35.8. The molecule has 31 heteroatoms. The molecule has 0 radical (unpaired) electrons. The summed E-state index contributed by atoms with van der Waals surface area (Å²) in [5.74, 6) is -2.35. The van der Waals surface area contributed by atoms with Gasteiger partial charge in [-0.2, -0.15) is 23.5 Å². The fraction of sp³-hybridized carbons (Fsp3) is 0.167. The van der Waals surface area contributed by atoms with Gasteiger partial charge in [0.15, 0.2) is 0 Å². The van der Waals surface area contributed by atoms with Gasteiger partial charge in [-0.05, 0) is 172 Å². The summed E-state index contributed by atoms with van der Waals surface area (Å²) in [5.41, 5.74) is 1.12. The van der Waals surface area contributed by atoms with Crippen molar-refractivity contribution in [1.82, 2.24) is 29.7 Å². The van der Waals surface area contributed by atoms with Crippen molar-refractivity contribution in [2.75, 3.05) is 94.2 Å². The van der Waals surface area contributed by atoms with Crippen molar-refractivity contribution in [2.45, 2.75) is 12.8 Å². The zero-order valence-corrected chi connectivity index (χ0v) is 59.7. The third-order valence-electron chi connectivity index (χ3n) is 15.8. The fourth-order valence-electron chi connectivity index (χ4n) is 10.4. The number of thioether (sulfide) groups is 2. The number of benzene rings is 6. The summed E-state index contributed by atoms with van der Waals surface area (Å²) >= 11 is 16.0. The molecular weight excluding hydrogens is 1530 g/mol. The number of carbonyl (C=O) groups is 6. The van der Waals surface area contributed by atoms with Gasteiger partial charge < -0.3 is 46.6 Å². The van der Waals surface area contributed by atoms with E-state index in [1.807, 2.05) is 26.5 Å². The minimum Gasteiger partial charge on any atom is -0.357 e. The molecule has 6 amide bonds. The lowest BCUT2D eigenvalue weighted by molar-refractivity contribution is 0.100. The number of hydrogen-bond donors (Lipinski definition) is 9. The van der Waals surface area contributed by atoms with Gasteiger partial charge in [-0.25, -0.2) is 36.9 Å². The highest BCUT2D eigenvalue weighted by Crippen LogP contribution is 2.27. The normalized spacial score (nSPS) is 13.2. The lowest BCUT2D eigenvalue weighted by atomic mass is 10.1. The van der Waals surface area contributed by atoms with Crippen molar-refractivity contribution in [3.63, 3.8) is 0 Å². The fourth-order valence-corrected chi connectivity index (χ4v) is 12.8. The number of nitrogens with zero attached hydrogens (tertiary/aromatic N) is 6. The molecule has 3 saturated heterocycles. The Balaban J connectivity index is 0.000000166. The maximum absolute atomic E-state index is 14.8. The van der Waals surface area contributed by atoms with Gasteiger partial charge in [0, 0.05) is 112 Å². The molecule has 3 aliphatic rings. The molecular formula is C72H61Br2ClF5N15O6S2. The second-order valence-corrected chi connectivity index (χ2v) is 27.5. The summed E-state index contributed by atoms with van der Waals surface area (Å²) in [6.07, 6.45) is 6.31. The standard InChI is InChI=1S/C24H20BrF2N5O2S.C24H20BrF2N5O2.C24H21ClFN5O2S/c25-15-2-6-21(29-13-15)31-24(34)18-12-16(26)3-5-20(18)30-23(33)17-4-1-14(11-19(17)27)22(28)32-7-9-35-10-8-32;25-15-4-8-21(29-13-15)31-24(34)18-12-16(26)5-7-20(18)30-23(33)17-6-3-14(11-19(17)27)22(28)32-9-1-2-10-32;25-17-5-8-21(28-14-17)30-24(33)19-13-18(26)6-7-20(19)29-23(32)16-3-1-15(2-4-16)22(27)31-9-11-34-12-10-31/h1-6,11-13,28H,7-10H2,(H,30,33)(H,29,31,34);3-8,11-13,28H,1-2,9-10H2,(H,30,33)(H,29,31,34);1-8,13-14,27H,9-12H2,(H,29,32)(H,28,30,33). The number of rotatable bonds is 15. The first-order valence-electron chi connectivity index (χ1n) is 31.5. The van der Waals surface area contributed by atoms with Gasteiger partial charge in [-0.3, -0.25) is 45.0 Å². The Labute approximate surface area is 617 Å². The highest BCUT2D eigenvalue weighted by atomic mass is 79.9. The van der Waals surface area contributed by atoms with E-state index in [0.29, 0.717) is 49.6 Å². The molecule has 528 valence electrons. The lowest BCUT2D eigenvalue weighted by Crippen LogP contribution is -2.38. The van der Waals surface area contributed by atoms with Gasteiger partial charge in [0.1, 0.15) is 64.0 Å². The van der Waals surface area contributed by atoms with Crippen LogP contribution in [0.5, 0.6) is 0 Å². The molecule has 0 saturated carbocycles. The third-order valence-corrected chi connectivity index (χ3v) is 18.8. The number of anilines is 6. The Hall–Kier alpha value is -10.4. The van der Waals surface area contributed by atoms with Crippen molar-refractivity contribution < 1.29 is 50.7 Å². The molecule has 3 fully saturated rings. The van der Waals surface area contributed by atoms with E-state index in [1.54, 1.807) is 66.4 Å². The van der Waals surface area contributed by atoms with Gasteiger partial charge in [0.05, 0.1) is 49.9 Å². The molecule has 3 aromatic heterocycles. The summed E-state index contributed by atoms with van der Waals surface area (Å²) in [5, 5.41) is 40.7. The molecule has 6 aromatic carbocycles.